The van der Waals surface area contributed by atoms with E-state index in [2.05, 4.69) is 10.5 Å². The molecule has 1 heterocycles. The fourth-order valence-corrected chi connectivity index (χ4v) is 2.97. The molecule has 0 atom stereocenters. The molecule has 0 fully saturated rings. The van der Waals surface area contributed by atoms with Crippen molar-refractivity contribution in [3.8, 4) is 11.5 Å². The van der Waals surface area contributed by atoms with E-state index < -0.39 is 0 Å². The topological polar surface area (TPSA) is 73.6 Å². The molecule has 1 aromatic heterocycles. The zero-order chi connectivity index (χ0) is 21.3. The first kappa shape index (κ1) is 21.2. The third-order valence-corrected chi connectivity index (χ3v) is 4.72. The Bertz CT molecular complexity index is 990. The molecule has 0 aliphatic heterocycles. The van der Waals surface area contributed by atoms with Crippen LogP contribution in [-0.4, -0.2) is 24.7 Å². The van der Waals surface area contributed by atoms with Gasteiger partial charge in [-0.25, -0.2) is 0 Å². The second kappa shape index (κ2) is 10.3. The van der Waals surface area contributed by atoms with Gasteiger partial charge in [-0.1, -0.05) is 41.6 Å². The van der Waals surface area contributed by atoms with Crippen molar-refractivity contribution < 1.29 is 18.8 Å². The van der Waals surface area contributed by atoms with Gasteiger partial charge >= 0.3 is 0 Å². The van der Waals surface area contributed by atoms with Crippen LogP contribution in [0.4, 0.5) is 0 Å². The summed E-state index contributed by atoms with van der Waals surface area (Å²) in [4.78, 5) is 12.1. The van der Waals surface area contributed by atoms with Crippen molar-refractivity contribution in [3.05, 3.63) is 82.8 Å². The van der Waals surface area contributed by atoms with Crippen LogP contribution in [0.2, 0.25) is 0 Å². The van der Waals surface area contributed by atoms with Gasteiger partial charge in [0, 0.05) is 12.6 Å². The summed E-state index contributed by atoms with van der Waals surface area (Å²) < 4.78 is 16.5. The predicted molar refractivity (Wildman–Crippen MR) is 115 cm³/mol. The first-order valence-corrected chi connectivity index (χ1v) is 9.79. The Labute approximate surface area is 176 Å². The SMILES string of the molecule is COc1cc(/C=C/C(=O)NCCc2ccccc2)ccc1OCc1c(C)noc1C. The fraction of sp³-hybridized carbons (Fsp3) is 0.250. The predicted octanol–water partition coefficient (Wildman–Crippen LogP) is 4.25. The molecule has 0 aliphatic rings. The van der Waals surface area contributed by atoms with Crippen LogP contribution in [0, 0.1) is 13.8 Å². The first-order valence-electron chi connectivity index (χ1n) is 9.79. The molecule has 0 spiro atoms. The molecule has 1 N–H and O–H groups in total. The number of aryl methyl sites for hydroxylation is 2. The molecule has 3 aromatic rings. The van der Waals surface area contributed by atoms with Gasteiger partial charge in [-0.15, -0.1) is 0 Å². The summed E-state index contributed by atoms with van der Waals surface area (Å²) in [6.45, 7) is 4.67. The monoisotopic (exact) mass is 406 g/mol. The summed E-state index contributed by atoms with van der Waals surface area (Å²) in [7, 11) is 1.59. The molecule has 2 aromatic carbocycles. The minimum Gasteiger partial charge on any atom is -0.493 e. The Morgan fingerprint density at radius 3 is 2.63 bits per heavy atom. The average Bonchev–Trinajstić information content (AvgIpc) is 3.09. The zero-order valence-corrected chi connectivity index (χ0v) is 17.5. The number of nitrogens with zero attached hydrogens (tertiary/aromatic N) is 1. The highest BCUT2D eigenvalue weighted by molar-refractivity contribution is 5.91. The molecule has 6 heteroatoms. The van der Waals surface area contributed by atoms with Crippen molar-refractivity contribution >= 4 is 12.0 Å². The van der Waals surface area contributed by atoms with E-state index in [1.165, 1.54) is 11.6 Å². The number of aromatic nitrogens is 1. The molecule has 6 nitrogen and oxygen atoms in total. The molecule has 3 rings (SSSR count). The number of amides is 1. The molecule has 0 saturated heterocycles. The number of hydrogen-bond donors (Lipinski definition) is 1. The van der Waals surface area contributed by atoms with Crippen LogP contribution in [0.5, 0.6) is 11.5 Å². The highest BCUT2D eigenvalue weighted by Gasteiger charge is 2.12. The third kappa shape index (κ3) is 5.73. The van der Waals surface area contributed by atoms with Gasteiger partial charge in [0.15, 0.2) is 11.5 Å². The minimum atomic E-state index is -0.136. The van der Waals surface area contributed by atoms with E-state index in [1.54, 1.807) is 13.2 Å². The van der Waals surface area contributed by atoms with Gasteiger partial charge in [0.1, 0.15) is 12.4 Å². The molecule has 0 aliphatic carbocycles. The number of methoxy groups -OCH3 is 1. The Morgan fingerprint density at radius 2 is 1.93 bits per heavy atom. The lowest BCUT2D eigenvalue weighted by atomic mass is 10.1. The maximum atomic E-state index is 12.1. The van der Waals surface area contributed by atoms with Crippen LogP contribution < -0.4 is 14.8 Å². The van der Waals surface area contributed by atoms with Gasteiger partial charge in [-0.2, -0.15) is 0 Å². The number of nitrogens with one attached hydrogen (secondary N) is 1. The number of hydrogen-bond acceptors (Lipinski definition) is 5. The second-order valence-corrected chi connectivity index (χ2v) is 6.86. The maximum Gasteiger partial charge on any atom is 0.244 e. The van der Waals surface area contributed by atoms with E-state index in [9.17, 15) is 4.79 Å². The highest BCUT2D eigenvalue weighted by atomic mass is 16.5. The average molecular weight is 406 g/mol. The standard InChI is InChI=1S/C24H26N2O4/c1-17-21(18(2)30-26-17)16-29-22-11-9-20(15-23(22)28-3)10-12-24(27)25-14-13-19-7-5-4-6-8-19/h4-12,15H,13-14,16H2,1-3H3,(H,25,27)/b12-10+. The van der Waals surface area contributed by atoms with Crippen molar-refractivity contribution in [2.45, 2.75) is 26.9 Å². The summed E-state index contributed by atoms with van der Waals surface area (Å²) in [5.41, 5.74) is 3.77. The quantitative estimate of drug-likeness (QED) is 0.538. The third-order valence-electron chi connectivity index (χ3n) is 4.72. The largest absolute Gasteiger partial charge is 0.493 e. The summed E-state index contributed by atoms with van der Waals surface area (Å²) >= 11 is 0. The van der Waals surface area contributed by atoms with Gasteiger partial charge in [-0.3, -0.25) is 4.79 Å². The van der Waals surface area contributed by atoms with E-state index in [4.69, 9.17) is 14.0 Å². The molecule has 0 radical (unpaired) electrons. The van der Waals surface area contributed by atoms with Crippen LogP contribution in [0.1, 0.15) is 28.1 Å². The van der Waals surface area contributed by atoms with Crippen molar-refractivity contribution in [1.29, 1.82) is 0 Å². The Morgan fingerprint density at radius 1 is 1.13 bits per heavy atom. The summed E-state index contributed by atoms with van der Waals surface area (Å²) in [5, 5.41) is 6.82. The number of rotatable bonds is 9. The van der Waals surface area contributed by atoms with Crippen LogP contribution in [0.15, 0.2) is 59.1 Å². The van der Waals surface area contributed by atoms with Crippen molar-refractivity contribution in [2.24, 2.45) is 0 Å². The van der Waals surface area contributed by atoms with Crippen molar-refractivity contribution in [3.63, 3.8) is 0 Å². The normalized spacial score (nSPS) is 10.9. The summed E-state index contributed by atoms with van der Waals surface area (Å²) in [6.07, 6.45) is 4.06. The van der Waals surface area contributed by atoms with E-state index in [-0.39, 0.29) is 5.91 Å². The molecule has 1 amide bonds. The van der Waals surface area contributed by atoms with Gasteiger partial charge < -0.3 is 19.3 Å². The van der Waals surface area contributed by atoms with Crippen LogP contribution in [0.25, 0.3) is 6.08 Å². The lowest BCUT2D eigenvalue weighted by Gasteiger charge is -2.11. The van der Waals surface area contributed by atoms with Gasteiger partial charge in [0.25, 0.3) is 0 Å². The molecule has 0 unspecified atom stereocenters. The summed E-state index contributed by atoms with van der Waals surface area (Å²) in [6, 6.07) is 15.6. The number of carbonyl (C=O) groups excluding carboxylic acids is 1. The van der Waals surface area contributed by atoms with E-state index in [1.807, 2.05) is 62.4 Å². The lowest BCUT2D eigenvalue weighted by molar-refractivity contribution is -0.116. The van der Waals surface area contributed by atoms with Crippen molar-refractivity contribution in [2.75, 3.05) is 13.7 Å². The van der Waals surface area contributed by atoms with E-state index in [0.29, 0.717) is 24.7 Å². The first-order chi connectivity index (χ1) is 14.6. The lowest BCUT2D eigenvalue weighted by Crippen LogP contribution is -2.23. The number of carbonyl (C=O) groups is 1. The molecule has 30 heavy (non-hydrogen) atoms. The Kier molecular flexibility index (Phi) is 7.27. The van der Waals surface area contributed by atoms with Gasteiger partial charge in [0.05, 0.1) is 18.4 Å². The Hall–Kier alpha value is -3.54. The molecule has 0 saturated carbocycles. The fourth-order valence-electron chi connectivity index (χ4n) is 2.97. The highest BCUT2D eigenvalue weighted by Crippen LogP contribution is 2.30. The summed E-state index contributed by atoms with van der Waals surface area (Å²) in [5.74, 6) is 1.81. The van der Waals surface area contributed by atoms with Gasteiger partial charge in [-0.05, 0) is 49.6 Å². The van der Waals surface area contributed by atoms with E-state index in [0.717, 1.165) is 29.0 Å². The number of ether oxygens (including phenoxy) is 2. The molecule has 156 valence electrons. The minimum absolute atomic E-state index is 0.136. The van der Waals surface area contributed by atoms with Crippen LogP contribution in [-0.2, 0) is 17.8 Å². The second-order valence-electron chi connectivity index (χ2n) is 6.86. The van der Waals surface area contributed by atoms with Crippen LogP contribution in [0.3, 0.4) is 0 Å². The molecular formula is C24H26N2O4. The van der Waals surface area contributed by atoms with Gasteiger partial charge in [0.2, 0.25) is 5.91 Å². The Balaban J connectivity index is 1.55. The van der Waals surface area contributed by atoms with Crippen molar-refractivity contribution in [1.82, 2.24) is 10.5 Å². The molecular weight excluding hydrogens is 380 g/mol. The maximum absolute atomic E-state index is 12.1. The smallest absolute Gasteiger partial charge is 0.244 e. The molecule has 0 bridgehead atoms. The van der Waals surface area contributed by atoms with E-state index >= 15 is 0 Å². The zero-order valence-electron chi connectivity index (χ0n) is 17.5. The number of benzene rings is 2. The van der Waals surface area contributed by atoms with Crippen LogP contribution >= 0.6 is 0 Å².